The summed E-state index contributed by atoms with van der Waals surface area (Å²) < 4.78 is 51.5. The molecule has 1 amide bonds. The third-order valence-electron chi connectivity index (χ3n) is 2.90. The Hall–Kier alpha value is -1.61. The van der Waals surface area contributed by atoms with E-state index in [0.29, 0.717) is 15.1 Å². The monoisotopic (exact) mass is 422 g/mol. The summed E-state index contributed by atoms with van der Waals surface area (Å²) in [6, 6.07) is 6.50. The molecule has 0 bridgehead atoms. The second-order valence-corrected chi connectivity index (χ2v) is 6.60. The highest BCUT2D eigenvalue weighted by molar-refractivity contribution is 9.10. The highest BCUT2D eigenvalue weighted by Gasteiger charge is 2.30. The molecule has 1 heterocycles. The molecule has 2 rings (SSSR count). The molecule has 1 aromatic carbocycles. The molecule has 1 aromatic heterocycles. The summed E-state index contributed by atoms with van der Waals surface area (Å²) in [5, 5.41) is 2.84. The van der Waals surface area contributed by atoms with Crippen molar-refractivity contribution in [1.82, 2.24) is 10.3 Å². The van der Waals surface area contributed by atoms with Crippen molar-refractivity contribution in [2.45, 2.75) is 17.7 Å². The Balaban J connectivity index is 1.84. The number of nitrogens with one attached hydrogen (secondary N) is 1. The van der Waals surface area contributed by atoms with Gasteiger partial charge in [-0.1, -0.05) is 27.7 Å². The second-order valence-electron chi connectivity index (χ2n) is 4.68. The molecule has 0 spiro atoms. The number of aromatic nitrogens is 1. The first-order chi connectivity index (χ1) is 11.3. The fourth-order valence-corrected chi connectivity index (χ4v) is 2.78. The molecule has 24 heavy (non-hydrogen) atoms. The van der Waals surface area contributed by atoms with Gasteiger partial charge in [-0.05, 0) is 30.3 Å². The van der Waals surface area contributed by atoms with Gasteiger partial charge in [0.1, 0.15) is 5.82 Å². The van der Waals surface area contributed by atoms with E-state index in [1.807, 2.05) is 0 Å². The maximum Gasteiger partial charge on any atom is 0.417 e. The number of amides is 1. The van der Waals surface area contributed by atoms with E-state index < -0.39 is 17.6 Å². The predicted octanol–water partition coefficient (Wildman–Crippen LogP) is 4.41. The molecule has 0 atom stereocenters. The lowest BCUT2D eigenvalue weighted by Crippen LogP contribution is -2.25. The van der Waals surface area contributed by atoms with Crippen LogP contribution >= 0.6 is 27.7 Å². The first kappa shape index (κ1) is 18.7. The van der Waals surface area contributed by atoms with Gasteiger partial charge >= 0.3 is 6.18 Å². The van der Waals surface area contributed by atoms with Crippen LogP contribution in [0.2, 0.25) is 0 Å². The van der Waals surface area contributed by atoms with Crippen molar-refractivity contribution in [3.63, 3.8) is 0 Å². The first-order valence-electron chi connectivity index (χ1n) is 6.62. The smallest absolute Gasteiger partial charge is 0.351 e. The number of pyridine rings is 1. The maximum absolute atomic E-state index is 13.5. The molecule has 0 aliphatic heterocycles. The topological polar surface area (TPSA) is 42.0 Å². The van der Waals surface area contributed by atoms with Gasteiger partial charge in [0.15, 0.2) is 0 Å². The molecule has 0 aliphatic rings. The molecule has 0 saturated carbocycles. The predicted molar refractivity (Wildman–Crippen MR) is 85.9 cm³/mol. The Morgan fingerprint density at radius 3 is 2.62 bits per heavy atom. The van der Waals surface area contributed by atoms with Gasteiger partial charge in [0.2, 0.25) is 5.91 Å². The van der Waals surface area contributed by atoms with Crippen LogP contribution in [-0.2, 0) is 17.5 Å². The Morgan fingerprint density at radius 1 is 1.25 bits per heavy atom. The van der Waals surface area contributed by atoms with E-state index in [1.165, 1.54) is 12.1 Å². The van der Waals surface area contributed by atoms with E-state index >= 15 is 0 Å². The van der Waals surface area contributed by atoms with Gasteiger partial charge in [-0.25, -0.2) is 9.37 Å². The summed E-state index contributed by atoms with van der Waals surface area (Å²) in [6.07, 6.45) is -3.72. The van der Waals surface area contributed by atoms with E-state index in [-0.39, 0.29) is 18.2 Å². The van der Waals surface area contributed by atoms with Gasteiger partial charge in [-0.2, -0.15) is 13.2 Å². The number of benzene rings is 1. The number of halogens is 5. The molecule has 0 fully saturated rings. The van der Waals surface area contributed by atoms with Crippen molar-refractivity contribution >= 4 is 33.6 Å². The molecule has 0 radical (unpaired) electrons. The number of carbonyl (C=O) groups is 1. The third kappa shape index (κ3) is 5.48. The fraction of sp³-hybridized carbons (Fsp3) is 0.200. The van der Waals surface area contributed by atoms with Gasteiger partial charge < -0.3 is 5.32 Å². The number of carbonyl (C=O) groups excluding carboxylic acids is 1. The minimum atomic E-state index is -4.44. The largest absolute Gasteiger partial charge is 0.417 e. The highest BCUT2D eigenvalue weighted by Crippen LogP contribution is 2.29. The average Bonchev–Trinajstić information content (AvgIpc) is 2.53. The highest BCUT2D eigenvalue weighted by atomic mass is 79.9. The maximum atomic E-state index is 13.5. The fourth-order valence-electron chi connectivity index (χ4n) is 1.70. The number of hydrogen-bond acceptors (Lipinski definition) is 3. The van der Waals surface area contributed by atoms with Crippen LogP contribution in [0.5, 0.6) is 0 Å². The molecule has 3 nitrogen and oxygen atoms in total. The summed E-state index contributed by atoms with van der Waals surface area (Å²) in [6.45, 7) is 0.0190. The molecule has 0 saturated heterocycles. The molecule has 128 valence electrons. The Morgan fingerprint density at radius 2 is 2.00 bits per heavy atom. The number of thioether (sulfide) groups is 1. The third-order valence-corrected chi connectivity index (χ3v) is 4.34. The van der Waals surface area contributed by atoms with Crippen LogP contribution in [0.25, 0.3) is 0 Å². The normalized spacial score (nSPS) is 11.4. The van der Waals surface area contributed by atoms with Gasteiger partial charge in [-0.3, -0.25) is 4.79 Å². The molecular weight excluding hydrogens is 412 g/mol. The van der Waals surface area contributed by atoms with Crippen LogP contribution in [0.3, 0.4) is 0 Å². The SMILES string of the molecule is O=C(CSc1ccc(C(F)(F)F)cn1)NCc1cc(Br)ccc1F. The van der Waals surface area contributed by atoms with Gasteiger partial charge in [-0.15, -0.1) is 0 Å². The standard InChI is InChI=1S/C15H11BrF4N2OS/c16-11-2-3-12(17)9(5-11)6-21-13(23)8-24-14-4-1-10(7-22-14)15(18,19)20/h1-5,7H,6,8H2,(H,21,23). The van der Waals surface area contributed by atoms with Crippen LogP contribution in [0.4, 0.5) is 17.6 Å². The second kappa shape index (κ2) is 7.98. The quantitative estimate of drug-likeness (QED) is 0.573. The van der Waals surface area contributed by atoms with Crippen molar-refractivity contribution in [3.8, 4) is 0 Å². The molecule has 0 unspecified atom stereocenters. The zero-order chi connectivity index (χ0) is 17.7. The zero-order valence-corrected chi connectivity index (χ0v) is 14.4. The van der Waals surface area contributed by atoms with Crippen molar-refractivity contribution < 1.29 is 22.4 Å². The van der Waals surface area contributed by atoms with Crippen LogP contribution in [-0.4, -0.2) is 16.6 Å². The van der Waals surface area contributed by atoms with Crippen molar-refractivity contribution in [2.24, 2.45) is 0 Å². The van der Waals surface area contributed by atoms with E-state index in [4.69, 9.17) is 0 Å². The summed E-state index contributed by atoms with van der Waals surface area (Å²) in [5.74, 6) is -0.842. The number of rotatable bonds is 5. The summed E-state index contributed by atoms with van der Waals surface area (Å²) in [4.78, 5) is 15.4. The number of nitrogens with zero attached hydrogens (tertiary/aromatic N) is 1. The Labute approximate surface area is 148 Å². The minimum Gasteiger partial charge on any atom is -0.351 e. The molecule has 0 aliphatic carbocycles. The zero-order valence-electron chi connectivity index (χ0n) is 12.0. The molecule has 2 aromatic rings. The van der Waals surface area contributed by atoms with Crippen LogP contribution in [0.15, 0.2) is 46.0 Å². The lowest BCUT2D eigenvalue weighted by molar-refractivity contribution is -0.137. The van der Waals surface area contributed by atoms with Crippen molar-refractivity contribution in [2.75, 3.05) is 5.75 Å². The summed E-state index contributed by atoms with van der Waals surface area (Å²) in [5.41, 5.74) is -0.517. The van der Waals surface area contributed by atoms with Gasteiger partial charge in [0, 0.05) is 22.8 Å². The lowest BCUT2D eigenvalue weighted by atomic mass is 10.2. The van der Waals surface area contributed by atoms with Crippen molar-refractivity contribution in [1.29, 1.82) is 0 Å². The van der Waals surface area contributed by atoms with E-state index in [2.05, 4.69) is 26.2 Å². The molecule has 9 heteroatoms. The van der Waals surface area contributed by atoms with Crippen LogP contribution in [0, 0.1) is 5.82 Å². The average molecular weight is 423 g/mol. The van der Waals surface area contributed by atoms with E-state index in [0.717, 1.165) is 24.0 Å². The van der Waals surface area contributed by atoms with Crippen LogP contribution in [0.1, 0.15) is 11.1 Å². The Bertz CT molecular complexity index is 722. The van der Waals surface area contributed by atoms with Gasteiger partial charge in [0.25, 0.3) is 0 Å². The summed E-state index contributed by atoms with van der Waals surface area (Å²) in [7, 11) is 0. The van der Waals surface area contributed by atoms with Crippen molar-refractivity contribution in [3.05, 3.63) is 57.9 Å². The molecular formula is C15H11BrF4N2OS. The number of hydrogen-bond donors (Lipinski definition) is 1. The first-order valence-corrected chi connectivity index (χ1v) is 8.40. The van der Waals surface area contributed by atoms with Crippen LogP contribution < -0.4 is 5.32 Å². The summed E-state index contributed by atoms with van der Waals surface area (Å²) >= 11 is 4.21. The van der Waals surface area contributed by atoms with E-state index in [1.54, 1.807) is 12.1 Å². The lowest BCUT2D eigenvalue weighted by Gasteiger charge is -2.08. The van der Waals surface area contributed by atoms with E-state index in [9.17, 15) is 22.4 Å². The van der Waals surface area contributed by atoms with Gasteiger partial charge in [0.05, 0.1) is 16.3 Å². The number of alkyl halides is 3. The molecule has 1 N–H and O–H groups in total. The Kier molecular flexibility index (Phi) is 6.22. The minimum absolute atomic E-state index is 0.0190.